The molecule has 1 heterocycles. The van der Waals surface area contributed by atoms with Gasteiger partial charge in [-0.3, -0.25) is 9.48 Å². The summed E-state index contributed by atoms with van der Waals surface area (Å²) in [6, 6.07) is 2.09. The highest BCUT2D eigenvalue weighted by atomic mass is 16.1. The number of carbonyl (C=O) groups excluding carboxylic acids is 1. The van der Waals surface area contributed by atoms with Gasteiger partial charge in [-0.1, -0.05) is 20.3 Å². The molecule has 0 radical (unpaired) electrons. The Labute approximate surface area is 181 Å². The van der Waals surface area contributed by atoms with Crippen molar-refractivity contribution in [1.82, 2.24) is 9.78 Å². The number of Topliss-reactive ketones (excluding diaryl/α,β-unsaturated/α-hetero) is 1. The van der Waals surface area contributed by atoms with E-state index in [1.54, 1.807) is 17.1 Å². The molecule has 4 aliphatic carbocycles. The molecule has 4 fully saturated rings. The lowest BCUT2D eigenvalue weighted by Crippen LogP contribution is -2.48. The first kappa shape index (κ1) is 20.3. The highest BCUT2D eigenvalue weighted by molar-refractivity contribution is 5.78. The largest absolute Gasteiger partial charge is 0.298 e. The summed E-state index contributed by atoms with van der Waals surface area (Å²) >= 11 is 0. The topological polar surface area (TPSA) is 58.7 Å². The van der Waals surface area contributed by atoms with E-state index in [9.17, 15) is 4.79 Å². The molecular weight excluding hydrogens is 370 g/mol. The quantitative estimate of drug-likeness (QED) is 0.651. The van der Waals surface area contributed by atoms with Gasteiger partial charge in [0, 0.05) is 12.6 Å². The number of fused-ring (bicyclic) bond motifs is 5. The summed E-state index contributed by atoms with van der Waals surface area (Å²) in [5, 5.41) is 13.1. The molecular formula is C26H37N3O. The average Bonchev–Trinajstić information content (AvgIpc) is 3.31. The third kappa shape index (κ3) is 3.43. The van der Waals surface area contributed by atoms with Crippen LogP contribution in [0.15, 0.2) is 12.4 Å². The third-order valence-electron chi connectivity index (χ3n) is 9.99. The van der Waals surface area contributed by atoms with Crippen LogP contribution >= 0.6 is 0 Å². The predicted octanol–water partition coefficient (Wildman–Crippen LogP) is 5.62. The van der Waals surface area contributed by atoms with E-state index in [2.05, 4.69) is 25.0 Å². The molecule has 0 saturated heterocycles. The fourth-order valence-corrected chi connectivity index (χ4v) is 8.56. The minimum Gasteiger partial charge on any atom is -0.298 e. The van der Waals surface area contributed by atoms with E-state index < -0.39 is 0 Å². The first-order chi connectivity index (χ1) is 14.5. The van der Waals surface area contributed by atoms with Crippen molar-refractivity contribution in [2.75, 3.05) is 0 Å². The van der Waals surface area contributed by atoms with Crippen molar-refractivity contribution in [3.63, 3.8) is 0 Å². The first-order valence-corrected chi connectivity index (χ1v) is 12.4. The zero-order valence-electron chi connectivity index (χ0n) is 18.7. The standard InChI is InChI=1S/C26H37N3O/c1-17-3-6-22-19(11-17)4-7-24-23(22)9-10-26(2)20(5-8-25(24)26)12-21(30)16-29-15-18(13-27)14-28-29/h14-15,17,19-20,22-25H,3-12,16H2,1-2H3/t17-,19+,20?,22-,23?,24+,25?,26+/m0/s1. The van der Waals surface area contributed by atoms with Crippen LogP contribution in [0.25, 0.3) is 0 Å². The molecule has 162 valence electrons. The Hall–Kier alpha value is -1.63. The zero-order valence-corrected chi connectivity index (χ0v) is 18.7. The minimum atomic E-state index is 0.279. The minimum absolute atomic E-state index is 0.279. The molecule has 0 bridgehead atoms. The van der Waals surface area contributed by atoms with Gasteiger partial charge >= 0.3 is 0 Å². The lowest BCUT2D eigenvalue weighted by Gasteiger charge is -2.56. The van der Waals surface area contributed by atoms with Gasteiger partial charge in [-0.25, -0.2) is 0 Å². The summed E-state index contributed by atoms with van der Waals surface area (Å²) in [7, 11) is 0. The van der Waals surface area contributed by atoms with Crippen LogP contribution in [-0.4, -0.2) is 15.6 Å². The fraction of sp³-hybridized carbons (Fsp3) is 0.808. The van der Waals surface area contributed by atoms with E-state index in [0.29, 0.717) is 29.9 Å². The number of nitrogens with zero attached hydrogens (tertiary/aromatic N) is 3. The number of rotatable bonds is 4. The summed E-state index contributed by atoms with van der Waals surface area (Å²) in [4.78, 5) is 12.8. The van der Waals surface area contributed by atoms with Crippen molar-refractivity contribution < 1.29 is 4.79 Å². The van der Waals surface area contributed by atoms with Gasteiger partial charge in [0.05, 0.1) is 18.3 Å². The average molecular weight is 408 g/mol. The molecule has 0 N–H and O–H groups in total. The van der Waals surface area contributed by atoms with E-state index in [4.69, 9.17) is 5.26 Å². The highest BCUT2D eigenvalue weighted by Gasteiger charge is 2.56. The number of aromatic nitrogens is 2. The summed E-state index contributed by atoms with van der Waals surface area (Å²) in [6.45, 7) is 5.30. The molecule has 5 rings (SSSR count). The summed E-state index contributed by atoms with van der Waals surface area (Å²) in [6.07, 6.45) is 16.5. The van der Waals surface area contributed by atoms with Gasteiger partial charge < -0.3 is 0 Å². The van der Waals surface area contributed by atoms with Crippen molar-refractivity contribution >= 4 is 5.78 Å². The molecule has 4 saturated carbocycles. The molecule has 3 unspecified atom stereocenters. The lowest BCUT2D eigenvalue weighted by atomic mass is 9.49. The molecule has 0 aliphatic heterocycles. The summed E-state index contributed by atoms with van der Waals surface area (Å²) < 4.78 is 1.64. The second-order valence-corrected chi connectivity index (χ2v) is 11.5. The third-order valence-corrected chi connectivity index (χ3v) is 9.99. The molecule has 8 atom stereocenters. The maximum Gasteiger partial charge on any atom is 0.154 e. The predicted molar refractivity (Wildman–Crippen MR) is 116 cm³/mol. The van der Waals surface area contributed by atoms with Crippen molar-refractivity contribution in [3.05, 3.63) is 18.0 Å². The molecule has 0 aromatic carbocycles. The monoisotopic (exact) mass is 407 g/mol. The summed E-state index contributed by atoms with van der Waals surface area (Å²) in [5.74, 6) is 6.49. The Bertz CT molecular complexity index is 838. The van der Waals surface area contributed by atoms with Crippen LogP contribution in [0.1, 0.15) is 83.6 Å². The highest BCUT2D eigenvalue weighted by Crippen LogP contribution is 2.64. The van der Waals surface area contributed by atoms with Crippen LogP contribution in [0.2, 0.25) is 0 Å². The molecule has 1 aromatic rings. The van der Waals surface area contributed by atoms with Crippen LogP contribution in [0.5, 0.6) is 0 Å². The Morgan fingerprint density at radius 2 is 2.00 bits per heavy atom. The number of hydrogen-bond donors (Lipinski definition) is 0. The van der Waals surface area contributed by atoms with Crippen LogP contribution in [-0.2, 0) is 11.3 Å². The molecule has 4 heteroatoms. The Morgan fingerprint density at radius 3 is 2.80 bits per heavy atom. The van der Waals surface area contributed by atoms with Crippen LogP contribution < -0.4 is 0 Å². The number of ketones is 1. The number of nitriles is 1. The van der Waals surface area contributed by atoms with Gasteiger partial charge in [0.1, 0.15) is 6.07 Å². The van der Waals surface area contributed by atoms with Gasteiger partial charge in [0.15, 0.2) is 5.78 Å². The molecule has 4 nitrogen and oxygen atoms in total. The second kappa shape index (κ2) is 7.81. The van der Waals surface area contributed by atoms with Gasteiger partial charge in [-0.2, -0.15) is 10.4 Å². The number of hydrogen-bond acceptors (Lipinski definition) is 3. The van der Waals surface area contributed by atoms with E-state index in [0.717, 1.165) is 35.5 Å². The Kier molecular flexibility index (Phi) is 5.28. The lowest BCUT2D eigenvalue weighted by molar-refractivity contribution is -0.123. The number of carbonyl (C=O) groups is 1. The van der Waals surface area contributed by atoms with E-state index >= 15 is 0 Å². The van der Waals surface area contributed by atoms with Crippen LogP contribution in [0, 0.1) is 58.2 Å². The molecule has 30 heavy (non-hydrogen) atoms. The van der Waals surface area contributed by atoms with E-state index in [1.165, 1.54) is 57.8 Å². The van der Waals surface area contributed by atoms with E-state index in [-0.39, 0.29) is 5.78 Å². The SMILES string of the molecule is C[C@H]1CC[C@@H]2C3CC[C@]4(C)C(CC(=O)Cn5cc(C#N)cn5)CCC4[C@@H]3CC[C@@H]2C1. The summed E-state index contributed by atoms with van der Waals surface area (Å²) in [5.41, 5.74) is 0.884. The van der Waals surface area contributed by atoms with Gasteiger partial charge in [-0.15, -0.1) is 0 Å². The maximum absolute atomic E-state index is 12.8. The molecule has 0 amide bonds. The van der Waals surface area contributed by atoms with Crippen molar-refractivity contribution in [2.45, 2.75) is 84.6 Å². The smallest absolute Gasteiger partial charge is 0.154 e. The Balaban J connectivity index is 1.25. The van der Waals surface area contributed by atoms with Crippen molar-refractivity contribution in [2.24, 2.45) is 46.8 Å². The van der Waals surface area contributed by atoms with Crippen LogP contribution in [0.4, 0.5) is 0 Å². The molecule has 0 spiro atoms. The molecule has 4 aliphatic rings. The van der Waals surface area contributed by atoms with Gasteiger partial charge in [0.25, 0.3) is 0 Å². The first-order valence-electron chi connectivity index (χ1n) is 12.4. The van der Waals surface area contributed by atoms with Crippen molar-refractivity contribution in [1.29, 1.82) is 5.26 Å². The Morgan fingerprint density at radius 1 is 1.17 bits per heavy atom. The van der Waals surface area contributed by atoms with Crippen molar-refractivity contribution in [3.8, 4) is 6.07 Å². The van der Waals surface area contributed by atoms with Gasteiger partial charge in [-0.05, 0) is 98.2 Å². The van der Waals surface area contributed by atoms with Gasteiger partial charge in [0.2, 0.25) is 0 Å². The maximum atomic E-state index is 12.8. The zero-order chi connectivity index (χ0) is 20.9. The second-order valence-electron chi connectivity index (χ2n) is 11.5. The normalized spacial score (nSPS) is 42.6. The fourth-order valence-electron chi connectivity index (χ4n) is 8.56. The molecule has 1 aromatic heterocycles. The van der Waals surface area contributed by atoms with Crippen LogP contribution in [0.3, 0.4) is 0 Å². The van der Waals surface area contributed by atoms with E-state index in [1.807, 2.05) is 0 Å².